The molecule has 2 rings (SSSR count). The molecular weight excluding hydrogens is 270 g/mol. The number of nitrogens with one attached hydrogen (secondary N) is 1. The monoisotopic (exact) mass is 291 g/mol. The van der Waals surface area contributed by atoms with E-state index in [2.05, 4.69) is 27.5 Å². The van der Waals surface area contributed by atoms with Crippen LogP contribution in [0.5, 0.6) is 0 Å². The first kappa shape index (κ1) is 15.2. The van der Waals surface area contributed by atoms with Gasteiger partial charge in [0.05, 0.1) is 5.69 Å². The Labute approximate surface area is 123 Å². The topological polar surface area (TPSA) is 85.8 Å². The Bertz CT molecular complexity index is 617. The lowest BCUT2D eigenvalue weighted by Crippen LogP contribution is -2.30. The molecule has 0 bridgehead atoms. The van der Waals surface area contributed by atoms with Crippen LogP contribution in [0.1, 0.15) is 60.6 Å². The summed E-state index contributed by atoms with van der Waals surface area (Å²) in [6.07, 6.45) is 2.53. The maximum Gasteiger partial charge on any atom is 0.270 e. The van der Waals surface area contributed by atoms with Gasteiger partial charge in [0.2, 0.25) is 5.89 Å². The molecule has 7 heteroatoms. The van der Waals surface area contributed by atoms with E-state index in [0.29, 0.717) is 23.8 Å². The molecule has 2 heterocycles. The van der Waals surface area contributed by atoms with Crippen molar-refractivity contribution in [3.05, 3.63) is 29.2 Å². The van der Waals surface area contributed by atoms with Crippen LogP contribution in [0.3, 0.4) is 0 Å². The van der Waals surface area contributed by atoms with Crippen molar-refractivity contribution in [2.75, 3.05) is 0 Å². The van der Waals surface area contributed by atoms with Crippen LogP contribution < -0.4 is 5.32 Å². The van der Waals surface area contributed by atoms with Crippen molar-refractivity contribution in [3.63, 3.8) is 0 Å². The highest BCUT2D eigenvalue weighted by atomic mass is 16.5. The van der Waals surface area contributed by atoms with E-state index in [9.17, 15) is 4.79 Å². The summed E-state index contributed by atoms with van der Waals surface area (Å²) in [5.74, 6) is 0.804. The summed E-state index contributed by atoms with van der Waals surface area (Å²) in [4.78, 5) is 16.5. The van der Waals surface area contributed by atoms with Gasteiger partial charge in [-0.2, -0.15) is 10.1 Å². The van der Waals surface area contributed by atoms with E-state index in [1.807, 2.05) is 13.0 Å². The molecule has 1 unspecified atom stereocenters. The van der Waals surface area contributed by atoms with Crippen LogP contribution in [-0.4, -0.2) is 25.8 Å². The minimum Gasteiger partial charge on any atom is -0.339 e. The number of amides is 1. The minimum absolute atomic E-state index is 0.185. The molecule has 0 saturated carbocycles. The lowest BCUT2D eigenvalue weighted by Gasteiger charge is -2.12. The van der Waals surface area contributed by atoms with Gasteiger partial charge >= 0.3 is 0 Å². The Hall–Kier alpha value is -2.18. The molecule has 2 aromatic rings. The first-order valence-electron chi connectivity index (χ1n) is 7.19. The van der Waals surface area contributed by atoms with Gasteiger partial charge in [-0.1, -0.05) is 25.4 Å². The van der Waals surface area contributed by atoms with Gasteiger partial charge in [-0.15, -0.1) is 0 Å². The van der Waals surface area contributed by atoms with Crippen molar-refractivity contribution < 1.29 is 9.32 Å². The van der Waals surface area contributed by atoms with Crippen molar-refractivity contribution in [3.8, 4) is 0 Å². The van der Waals surface area contributed by atoms with Crippen molar-refractivity contribution in [1.82, 2.24) is 25.2 Å². The molecular formula is C14H21N5O2. The Morgan fingerprint density at radius 3 is 2.81 bits per heavy atom. The highest BCUT2D eigenvalue weighted by molar-refractivity contribution is 5.92. The highest BCUT2D eigenvalue weighted by Gasteiger charge is 2.21. The quantitative estimate of drug-likeness (QED) is 0.879. The van der Waals surface area contributed by atoms with Gasteiger partial charge in [0.1, 0.15) is 11.7 Å². The maximum atomic E-state index is 12.4. The van der Waals surface area contributed by atoms with Crippen LogP contribution in [0.25, 0.3) is 0 Å². The van der Waals surface area contributed by atoms with Crippen LogP contribution in [0.4, 0.5) is 0 Å². The van der Waals surface area contributed by atoms with E-state index in [1.165, 1.54) is 0 Å². The molecule has 0 aliphatic rings. The summed E-state index contributed by atoms with van der Waals surface area (Å²) in [7, 11) is 1.77. The zero-order valence-electron chi connectivity index (χ0n) is 12.9. The van der Waals surface area contributed by atoms with Gasteiger partial charge < -0.3 is 9.84 Å². The molecule has 1 N–H and O–H groups in total. The second kappa shape index (κ2) is 6.51. The third-order valence-corrected chi connectivity index (χ3v) is 3.22. The molecule has 114 valence electrons. The molecule has 1 amide bonds. The normalized spacial score (nSPS) is 12.4. The van der Waals surface area contributed by atoms with E-state index < -0.39 is 0 Å². The van der Waals surface area contributed by atoms with Gasteiger partial charge in [-0.05, 0) is 25.8 Å². The zero-order chi connectivity index (χ0) is 15.4. The Morgan fingerprint density at radius 1 is 1.48 bits per heavy atom. The summed E-state index contributed by atoms with van der Waals surface area (Å²) >= 11 is 0. The number of hydrogen-bond acceptors (Lipinski definition) is 5. The highest BCUT2D eigenvalue weighted by Crippen LogP contribution is 2.15. The average molecular weight is 291 g/mol. The van der Waals surface area contributed by atoms with Crippen molar-refractivity contribution in [2.24, 2.45) is 7.05 Å². The average Bonchev–Trinajstić information content (AvgIpc) is 3.02. The smallest absolute Gasteiger partial charge is 0.270 e. The molecule has 2 aromatic heterocycles. The maximum absolute atomic E-state index is 12.4. The Morgan fingerprint density at radius 2 is 2.24 bits per heavy atom. The van der Waals surface area contributed by atoms with Crippen LogP contribution in [-0.2, 0) is 13.5 Å². The van der Waals surface area contributed by atoms with E-state index >= 15 is 0 Å². The third kappa shape index (κ3) is 3.48. The zero-order valence-corrected chi connectivity index (χ0v) is 12.9. The molecule has 0 radical (unpaired) electrons. The standard InChI is InChI=1S/C14H21N5O2/c1-5-7-10-8-12(19(4)17-10)13(20)16-11(6-2)14-15-9(3)18-21-14/h8,11H,5-7H2,1-4H3,(H,16,20). The van der Waals surface area contributed by atoms with Gasteiger partial charge in [0.25, 0.3) is 5.91 Å². The Kier molecular flexibility index (Phi) is 4.72. The first-order valence-corrected chi connectivity index (χ1v) is 7.19. The largest absolute Gasteiger partial charge is 0.339 e. The SMILES string of the molecule is CCCc1cc(C(=O)NC(CC)c2nc(C)no2)n(C)n1. The fraction of sp³-hybridized carbons (Fsp3) is 0.571. The molecule has 0 spiro atoms. The van der Waals surface area contributed by atoms with Crippen molar-refractivity contribution >= 4 is 5.91 Å². The minimum atomic E-state index is -0.289. The van der Waals surface area contributed by atoms with Gasteiger partial charge in [0, 0.05) is 7.05 Å². The number of nitrogens with zero attached hydrogens (tertiary/aromatic N) is 4. The fourth-order valence-electron chi connectivity index (χ4n) is 2.14. The number of aryl methyl sites for hydroxylation is 3. The fourth-order valence-corrected chi connectivity index (χ4v) is 2.14. The molecule has 0 aromatic carbocycles. The van der Waals surface area contributed by atoms with E-state index in [4.69, 9.17) is 4.52 Å². The second-order valence-corrected chi connectivity index (χ2v) is 5.01. The molecule has 1 atom stereocenters. The van der Waals surface area contributed by atoms with E-state index in [-0.39, 0.29) is 11.9 Å². The van der Waals surface area contributed by atoms with Gasteiger partial charge in [-0.3, -0.25) is 9.48 Å². The van der Waals surface area contributed by atoms with E-state index in [0.717, 1.165) is 18.5 Å². The Balaban J connectivity index is 2.12. The van der Waals surface area contributed by atoms with Crippen LogP contribution in [0.2, 0.25) is 0 Å². The van der Waals surface area contributed by atoms with Crippen molar-refractivity contribution in [2.45, 2.75) is 46.1 Å². The summed E-state index contributed by atoms with van der Waals surface area (Å²) in [5.41, 5.74) is 1.46. The lowest BCUT2D eigenvalue weighted by molar-refractivity contribution is 0.0917. The molecule has 0 saturated heterocycles. The number of carbonyl (C=O) groups excluding carboxylic acids is 1. The van der Waals surface area contributed by atoms with E-state index in [1.54, 1.807) is 18.7 Å². The molecule has 0 aliphatic heterocycles. The molecule has 7 nitrogen and oxygen atoms in total. The predicted octanol–water partition coefficient (Wildman–Crippen LogP) is 1.95. The summed E-state index contributed by atoms with van der Waals surface area (Å²) < 4.78 is 6.73. The molecule has 0 aliphatic carbocycles. The summed E-state index contributed by atoms with van der Waals surface area (Å²) in [5, 5.41) is 11.0. The second-order valence-electron chi connectivity index (χ2n) is 5.01. The van der Waals surface area contributed by atoms with Gasteiger partial charge in [0.15, 0.2) is 5.82 Å². The summed E-state index contributed by atoms with van der Waals surface area (Å²) in [6.45, 7) is 5.79. The summed E-state index contributed by atoms with van der Waals surface area (Å²) in [6, 6.07) is 1.54. The third-order valence-electron chi connectivity index (χ3n) is 3.22. The predicted molar refractivity (Wildman–Crippen MR) is 76.7 cm³/mol. The lowest BCUT2D eigenvalue weighted by atomic mass is 10.2. The number of rotatable bonds is 6. The van der Waals surface area contributed by atoms with Crippen molar-refractivity contribution in [1.29, 1.82) is 0 Å². The van der Waals surface area contributed by atoms with Crippen LogP contribution in [0.15, 0.2) is 10.6 Å². The van der Waals surface area contributed by atoms with Crippen LogP contribution >= 0.6 is 0 Å². The van der Waals surface area contributed by atoms with Crippen LogP contribution in [0, 0.1) is 6.92 Å². The van der Waals surface area contributed by atoms with Gasteiger partial charge in [-0.25, -0.2) is 0 Å². The number of hydrogen-bond donors (Lipinski definition) is 1. The molecule has 21 heavy (non-hydrogen) atoms. The number of aromatic nitrogens is 4. The molecule has 0 fully saturated rings. The number of carbonyl (C=O) groups is 1. The first-order chi connectivity index (χ1) is 10.0.